The Morgan fingerprint density at radius 1 is 0.852 bits per heavy atom. The Kier molecular flexibility index (Phi) is 12.9. The van der Waals surface area contributed by atoms with Crippen molar-refractivity contribution in [3.05, 3.63) is 29.8 Å². The van der Waals surface area contributed by atoms with Gasteiger partial charge in [0.1, 0.15) is 0 Å². The second-order valence-electron chi connectivity index (χ2n) is 7.33. The van der Waals surface area contributed by atoms with E-state index in [4.69, 9.17) is 4.18 Å². The lowest BCUT2D eigenvalue weighted by molar-refractivity contribution is 0.248. The van der Waals surface area contributed by atoms with Crippen LogP contribution in [-0.4, -0.2) is 39.6 Å². The van der Waals surface area contributed by atoms with Crippen molar-refractivity contribution in [2.45, 2.75) is 76.8 Å². The third-order valence-corrected chi connectivity index (χ3v) is 4.22. The highest BCUT2D eigenvalue weighted by Gasteiger charge is 2.16. The summed E-state index contributed by atoms with van der Waals surface area (Å²) in [5.41, 5.74) is 1.02. The maximum absolute atomic E-state index is 11.5. The van der Waals surface area contributed by atoms with Gasteiger partial charge in [0.2, 0.25) is 0 Å². The highest BCUT2D eigenvalue weighted by molar-refractivity contribution is 9.10. The number of hydrogen-bond donors (Lipinski definition) is 0. The molecule has 0 saturated heterocycles. The van der Waals surface area contributed by atoms with Gasteiger partial charge in [0.25, 0.3) is 20.2 Å². The second kappa shape index (κ2) is 12.2. The third kappa shape index (κ3) is 21.7. The van der Waals surface area contributed by atoms with E-state index in [1.165, 1.54) is 0 Å². The Labute approximate surface area is 174 Å². The van der Waals surface area contributed by atoms with Crippen LogP contribution in [0.25, 0.3) is 0 Å². The van der Waals surface area contributed by atoms with E-state index >= 15 is 0 Å². The molecule has 160 valence electrons. The van der Waals surface area contributed by atoms with Crippen molar-refractivity contribution in [3.63, 3.8) is 0 Å². The first-order valence-corrected chi connectivity index (χ1v) is 12.4. The molecule has 0 fully saturated rings. The molecule has 6 nitrogen and oxygen atoms in total. The summed E-state index contributed by atoms with van der Waals surface area (Å²) in [6.07, 6.45) is 0.457. The monoisotopic (exact) mass is 488 g/mol. The molecule has 0 aliphatic heterocycles. The normalized spacial score (nSPS) is 12.1. The molecule has 1 aromatic rings. The van der Waals surface area contributed by atoms with Gasteiger partial charge in [0, 0.05) is 4.32 Å². The number of alkyl halides is 1. The molecule has 0 spiro atoms. The highest BCUT2D eigenvalue weighted by Crippen LogP contribution is 2.14. The molecule has 0 bridgehead atoms. The van der Waals surface area contributed by atoms with Crippen molar-refractivity contribution in [1.29, 1.82) is 0 Å². The first-order chi connectivity index (χ1) is 11.8. The molecule has 0 saturated carbocycles. The summed E-state index contributed by atoms with van der Waals surface area (Å²) in [6, 6.07) is 6.59. The summed E-state index contributed by atoms with van der Waals surface area (Å²) >= 11 is 3.38. The molecule has 1 rings (SSSR count). The minimum Gasteiger partial charge on any atom is -0.268 e. The van der Waals surface area contributed by atoms with Crippen LogP contribution in [0, 0.1) is 6.92 Å². The van der Waals surface area contributed by atoms with E-state index < -0.39 is 20.2 Å². The van der Waals surface area contributed by atoms with Gasteiger partial charge in [-0.1, -0.05) is 54.4 Å². The predicted molar refractivity (Wildman–Crippen MR) is 114 cm³/mol. The topological polar surface area (TPSA) is 86.7 Å². The quantitative estimate of drug-likeness (QED) is 0.442. The lowest BCUT2D eigenvalue weighted by Crippen LogP contribution is -2.12. The molecule has 0 heterocycles. The fourth-order valence-electron chi connectivity index (χ4n) is 1.36. The smallest absolute Gasteiger partial charge is 0.268 e. The van der Waals surface area contributed by atoms with Crippen LogP contribution in [0.15, 0.2) is 29.2 Å². The summed E-state index contributed by atoms with van der Waals surface area (Å²) in [5, 5.41) is 0. The van der Waals surface area contributed by atoms with Crippen molar-refractivity contribution in [2.24, 2.45) is 0 Å². The van der Waals surface area contributed by atoms with Crippen molar-refractivity contribution >= 4 is 36.2 Å². The maximum Gasteiger partial charge on any atom is 0.297 e. The van der Waals surface area contributed by atoms with E-state index in [0.29, 0.717) is 4.32 Å². The molecule has 0 radical (unpaired) electrons. The molecule has 0 unspecified atom stereocenters. The zero-order valence-electron chi connectivity index (χ0n) is 17.6. The Balaban J connectivity index is 0. The van der Waals surface area contributed by atoms with Crippen molar-refractivity contribution < 1.29 is 25.2 Å². The van der Waals surface area contributed by atoms with Gasteiger partial charge < -0.3 is 0 Å². The summed E-state index contributed by atoms with van der Waals surface area (Å²) < 4.78 is 53.1. The SMILES string of the molecule is CC(C)(C)Br.CC(C)OS(C)(=O)=O.Cc1ccc(S(=O)(=O)OC(C)C)cc1. The molecule has 0 aliphatic rings. The van der Waals surface area contributed by atoms with Gasteiger partial charge in [0.05, 0.1) is 23.4 Å². The molecule has 1 aromatic carbocycles. The molecule has 0 aliphatic carbocycles. The van der Waals surface area contributed by atoms with Gasteiger partial charge in [-0.3, -0.25) is 8.37 Å². The number of halogens is 1. The molecule has 0 amide bonds. The Hall–Kier alpha value is -0.480. The molecular weight excluding hydrogens is 456 g/mol. The minimum absolute atomic E-state index is 0.205. The van der Waals surface area contributed by atoms with Gasteiger partial charge in [-0.25, -0.2) is 0 Å². The average molecular weight is 489 g/mol. The van der Waals surface area contributed by atoms with Crippen LogP contribution in [-0.2, 0) is 28.6 Å². The first-order valence-electron chi connectivity index (χ1n) is 8.40. The van der Waals surface area contributed by atoms with Crippen LogP contribution in [0.4, 0.5) is 0 Å². The van der Waals surface area contributed by atoms with E-state index in [9.17, 15) is 16.8 Å². The van der Waals surface area contributed by atoms with Crippen molar-refractivity contribution in [2.75, 3.05) is 6.26 Å². The number of rotatable bonds is 5. The number of aryl methyl sites for hydroxylation is 1. The average Bonchev–Trinajstić information content (AvgIpc) is 2.32. The molecule has 27 heavy (non-hydrogen) atoms. The fourth-order valence-corrected chi connectivity index (χ4v) is 3.15. The van der Waals surface area contributed by atoms with Crippen LogP contribution < -0.4 is 0 Å². The summed E-state index contributed by atoms with van der Waals surface area (Å²) in [6.45, 7) is 14.9. The van der Waals surface area contributed by atoms with Crippen LogP contribution in [0.2, 0.25) is 0 Å². The predicted octanol–water partition coefficient (Wildman–Crippen LogP) is 4.66. The second-order valence-corrected chi connectivity index (χ2v) is 12.9. The first kappa shape index (κ1) is 28.7. The van der Waals surface area contributed by atoms with E-state index in [-0.39, 0.29) is 17.1 Å². The zero-order valence-corrected chi connectivity index (χ0v) is 20.8. The zero-order chi connectivity index (χ0) is 22.1. The Morgan fingerprint density at radius 3 is 1.41 bits per heavy atom. The van der Waals surface area contributed by atoms with Crippen molar-refractivity contribution in [1.82, 2.24) is 0 Å². The molecule has 0 aromatic heterocycles. The molecule has 0 N–H and O–H groups in total. The fraction of sp³-hybridized carbons (Fsp3) is 0.667. The van der Waals surface area contributed by atoms with Crippen LogP contribution >= 0.6 is 15.9 Å². The number of hydrogen-bond acceptors (Lipinski definition) is 6. The van der Waals surface area contributed by atoms with Crippen molar-refractivity contribution in [3.8, 4) is 0 Å². The van der Waals surface area contributed by atoms with Gasteiger partial charge in [-0.05, 0) is 46.8 Å². The van der Waals surface area contributed by atoms with Gasteiger partial charge in [0.15, 0.2) is 0 Å². The lowest BCUT2D eigenvalue weighted by atomic mass is 10.2. The summed E-state index contributed by atoms with van der Waals surface area (Å²) in [4.78, 5) is 0.205. The standard InChI is InChI=1S/C10H14O3S.C4H9Br.C4H10O3S/c1-8(2)13-14(11,12)10-6-4-9(3)5-7-10;1-4(2,3)5;1-4(2)7-8(3,5)6/h4-8H,1-3H3;1-3H3;4H,1-3H3. The van der Waals surface area contributed by atoms with Gasteiger partial charge >= 0.3 is 0 Å². The maximum atomic E-state index is 11.5. The van der Waals surface area contributed by atoms with E-state index in [0.717, 1.165) is 11.8 Å². The number of benzene rings is 1. The highest BCUT2D eigenvalue weighted by atomic mass is 79.9. The summed E-state index contributed by atoms with van der Waals surface area (Å²) in [5.74, 6) is 0. The molecular formula is C18H33BrO6S2. The Morgan fingerprint density at radius 2 is 1.19 bits per heavy atom. The van der Waals surface area contributed by atoms with E-state index in [1.54, 1.807) is 52.0 Å². The van der Waals surface area contributed by atoms with Crippen LogP contribution in [0.5, 0.6) is 0 Å². The third-order valence-electron chi connectivity index (χ3n) is 2.00. The molecule has 0 atom stereocenters. The van der Waals surface area contributed by atoms with Gasteiger partial charge in [-0.15, -0.1) is 0 Å². The largest absolute Gasteiger partial charge is 0.297 e. The lowest BCUT2D eigenvalue weighted by Gasteiger charge is -2.08. The van der Waals surface area contributed by atoms with Gasteiger partial charge in [-0.2, -0.15) is 16.8 Å². The van der Waals surface area contributed by atoms with Crippen LogP contribution in [0.3, 0.4) is 0 Å². The van der Waals surface area contributed by atoms with Crippen LogP contribution in [0.1, 0.15) is 54.0 Å². The van der Waals surface area contributed by atoms with E-state index in [2.05, 4.69) is 40.9 Å². The van der Waals surface area contributed by atoms with E-state index in [1.807, 2.05) is 6.92 Å². The summed E-state index contributed by atoms with van der Waals surface area (Å²) in [7, 11) is -6.80. The minimum atomic E-state index is -3.58. The Bertz CT molecular complexity index is 725. The molecule has 9 heteroatoms.